The van der Waals surface area contributed by atoms with Crippen molar-refractivity contribution in [2.45, 2.75) is 6.54 Å². The molecular weight excluding hydrogens is 282 g/mol. The van der Waals surface area contributed by atoms with Gasteiger partial charge in [-0.15, -0.1) is 17.9 Å². The molecule has 4 nitrogen and oxygen atoms in total. The van der Waals surface area contributed by atoms with E-state index in [0.29, 0.717) is 24.3 Å². The molecule has 0 radical (unpaired) electrons. The second-order valence-corrected chi connectivity index (χ2v) is 5.40. The normalized spacial score (nSPS) is 9.67. The second kappa shape index (κ2) is 7.27. The Kier molecular flexibility index (Phi) is 5.13. The van der Waals surface area contributed by atoms with Gasteiger partial charge in [-0.1, -0.05) is 12.1 Å². The molecule has 0 atom stereocenters. The van der Waals surface area contributed by atoms with Crippen molar-refractivity contribution >= 4 is 23.1 Å². The van der Waals surface area contributed by atoms with Crippen LogP contribution in [0.15, 0.2) is 54.4 Å². The Morgan fingerprint density at radius 3 is 2.71 bits per heavy atom. The zero-order chi connectivity index (χ0) is 15.1. The van der Waals surface area contributed by atoms with Crippen LogP contribution in [0.4, 0.5) is 10.5 Å². The highest BCUT2D eigenvalue weighted by Crippen LogP contribution is 2.14. The van der Waals surface area contributed by atoms with Crippen molar-refractivity contribution in [3.05, 3.63) is 64.9 Å². The fourth-order valence-electron chi connectivity index (χ4n) is 1.80. The van der Waals surface area contributed by atoms with Crippen LogP contribution in [0, 0.1) is 11.3 Å². The molecule has 2 amide bonds. The van der Waals surface area contributed by atoms with Gasteiger partial charge in [0.25, 0.3) is 0 Å². The highest BCUT2D eigenvalue weighted by atomic mass is 32.1. The highest BCUT2D eigenvalue weighted by molar-refractivity contribution is 7.09. The molecule has 1 aromatic heterocycles. The first-order chi connectivity index (χ1) is 10.2. The van der Waals surface area contributed by atoms with E-state index in [2.05, 4.69) is 11.9 Å². The molecule has 2 aromatic rings. The lowest BCUT2D eigenvalue weighted by Crippen LogP contribution is -2.34. The van der Waals surface area contributed by atoms with Crippen LogP contribution in [0.5, 0.6) is 0 Å². The molecule has 0 saturated carbocycles. The number of anilines is 1. The van der Waals surface area contributed by atoms with Gasteiger partial charge in [0.15, 0.2) is 0 Å². The number of benzene rings is 1. The summed E-state index contributed by atoms with van der Waals surface area (Å²) in [5.41, 5.74) is 1.23. The lowest BCUT2D eigenvalue weighted by Gasteiger charge is -2.21. The fraction of sp³-hybridized carbons (Fsp3) is 0.125. The first kappa shape index (κ1) is 14.8. The lowest BCUT2D eigenvalue weighted by atomic mass is 10.2. The van der Waals surface area contributed by atoms with Gasteiger partial charge in [-0.3, -0.25) is 0 Å². The van der Waals surface area contributed by atoms with Gasteiger partial charge in [0.05, 0.1) is 18.2 Å². The van der Waals surface area contributed by atoms with Gasteiger partial charge in [-0.2, -0.15) is 5.26 Å². The molecule has 0 saturated heterocycles. The minimum atomic E-state index is -0.187. The Balaban J connectivity index is 2.03. The molecule has 0 fully saturated rings. The van der Waals surface area contributed by atoms with Crippen molar-refractivity contribution in [3.8, 4) is 6.07 Å². The quantitative estimate of drug-likeness (QED) is 0.852. The molecule has 21 heavy (non-hydrogen) atoms. The van der Waals surface area contributed by atoms with Gasteiger partial charge in [0.2, 0.25) is 0 Å². The van der Waals surface area contributed by atoms with E-state index in [1.807, 2.05) is 23.6 Å². The Morgan fingerprint density at radius 2 is 2.14 bits per heavy atom. The molecule has 106 valence electrons. The zero-order valence-electron chi connectivity index (χ0n) is 11.5. The van der Waals surface area contributed by atoms with Gasteiger partial charge in [-0.25, -0.2) is 4.79 Å². The van der Waals surface area contributed by atoms with E-state index < -0.39 is 0 Å². The van der Waals surface area contributed by atoms with Gasteiger partial charge < -0.3 is 10.2 Å². The molecule has 2 rings (SSSR count). The summed E-state index contributed by atoms with van der Waals surface area (Å²) in [4.78, 5) is 15.1. The van der Waals surface area contributed by atoms with Gasteiger partial charge in [0.1, 0.15) is 0 Å². The van der Waals surface area contributed by atoms with E-state index in [4.69, 9.17) is 5.26 Å². The molecule has 1 heterocycles. The molecule has 0 aliphatic carbocycles. The number of urea groups is 1. The predicted molar refractivity (Wildman–Crippen MR) is 85.1 cm³/mol. The lowest BCUT2D eigenvalue weighted by molar-refractivity contribution is 0.215. The van der Waals surface area contributed by atoms with Crippen molar-refractivity contribution < 1.29 is 4.79 Å². The maximum absolute atomic E-state index is 12.3. The first-order valence-corrected chi connectivity index (χ1v) is 7.30. The Hall–Kier alpha value is -2.58. The summed E-state index contributed by atoms with van der Waals surface area (Å²) < 4.78 is 0. The number of carbonyl (C=O) groups is 1. The van der Waals surface area contributed by atoms with E-state index in [0.717, 1.165) is 4.88 Å². The average Bonchev–Trinajstić information content (AvgIpc) is 3.00. The van der Waals surface area contributed by atoms with E-state index in [1.54, 1.807) is 46.6 Å². The monoisotopic (exact) mass is 297 g/mol. The molecule has 0 aliphatic heterocycles. The van der Waals surface area contributed by atoms with Crippen LogP contribution >= 0.6 is 11.3 Å². The molecule has 1 aromatic carbocycles. The standard InChI is InChI=1S/C16H15N3OS/c1-2-9-19(12-15-4-3-10-21-15)16(20)18-14-7-5-13(11-17)6-8-14/h2-8,10H,1,9,12H2,(H,18,20). The number of nitrogens with one attached hydrogen (secondary N) is 1. The van der Waals surface area contributed by atoms with Crippen molar-refractivity contribution in [1.82, 2.24) is 4.90 Å². The number of rotatable bonds is 5. The summed E-state index contributed by atoms with van der Waals surface area (Å²) in [7, 11) is 0. The summed E-state index contributed by atoms with van der Waals surface area (Å²) in [6, 6.07) is 12.6. The number of carbonyl (C=O) groups excluding carboxylic acids is 1. The molecule has 0 unspecified atom stereocenters. The van der Waals surface area contributed by atoms with Crippen molar-refractivity contribution in [1.29, 1.82) is 5.26 Å². The Bertz CT molecular complexity index is 641. The fourth-order valence-corrected chi connectivity index (χ4v) is 2.52. The zero-order valence-corrected chi connectivity index (χ0v) is 12.3. The second-order valence-electron chi connectivity index (χ2n) is 4.37. The SMILES string of the molecule is C=CCN(Cc1cccs1)C(=O)Nc1ccc(C#N)cc1. The minimum absolute atomic E-state index is 0.187. The number of amides is 2. The first-order valence-electron chi connectivity index (χ1n) is 6.42. The number of nitriles is 1. The molecule has 5 heteroatoms. The van der Waals surface area contributed by atoms with Crippen LogP contribution in [0.25, 0.3) is 0 Å². The number of nitrogens with zero attached hydrogens (tertiary/aromatic N) is 2. The summed E-state index contributed by atoms with van der Waals surface area (Å²) in [6.45, 7) is 4.71. The largest absolute Gasteiger partial charge is 0.322 e. The Labute approximate surface area is 127 Å². The van der Waals surface area contributed by atoms with Crippen LogP contribution < -0.4 is 5.32 Å². The third-order valence-corrected chi connectivity index (χ3v) is 3.69. The summed E-state index contributed by atoms with van der Waals surface area (Å²) in [5, 5.41) is 13.6. The number of hydrogen-bond acceptors (Lipinski definition) is 3. The summed E-state index contributed by atoms with van der Waals surface area (Å²) >= 11 is 1.61. The summed E-state index contributed by atoms with van der Waals surface area (Å²) in [5.74, 6) is 0. The van der Waals surface area contributed by atoms with E-state index >= 15 is 0 Å². The third-order valence-electron chi connectivity index (χ3n) is 2.83. The molecule has 0 bridgehead atoms. The number of thiophene rings is 1. The van der Waals surface area contributed by atoms with E-state index in [-0.39, 0.29) is 6.03 Å². The van der Waals surface area contributed by atoms with Crippen LogP contribution in [0.1, 0.15) is 10.4 Å². The van der Waals surface area contributed by atoms with Crippen molar-refractivity contribution in [2.24, 2.45) is 0 Å². The molecular formula is C16H15N3OS. The smallest absolute Gasteiger partial charge is 0.316 e. The Morgan fingerprint density at radius 1 is 1.38 bits per heavy atom. The molecule has 0 spiro atoms. The van der Waals surface area contributed by atoms with E-state index in [9.17, 15) is 4.79 Å². The maximum Gasteiger partial charge on any atom is 0.322 e. The van der Waals surface area contributed by atoms with Crippen LogP contribution in [0.2, 0.25) is 0 Å². The van der Waals surface area contributed by atoms with Crippen molar-refractivity contribution in [3.63, 3.8) is 0 Å². The summed E-state index contributed by atoms with van der Waals surface area (Å²) in [6.07, 6.45) is 1.70. The van der Waals surface area contributed by atoms with Gasteiger partial charge in [0, 0.05) is 17.1 Å². The third kappa shape index (κ3) is 4.20. The van der Waals surface area contributed by atoms with Crippen LogP contribution in [-0.4, -0.2) is 17.5 Å². The average molecular weight is 297 g/mol. The predicted octanol–water partition coefficient (Wildman–Crippen LogP) is 3.84. The maximum atomic E-state index is 12.3. The molecule has 1 N–H and O–H groups in total. The van der Waals surface area contributed by atoms with Crippen LogP contribution in [0.3, 0.4) is 0 Å². The highest BCUT2D eigenvalue weighted by Gasteiger charge is 2.13. The van der Waals surface area contributed by atoms with E-state index in [1.165, 1.54) is 0 Å². The number of hydrogen-bond donors (Lipinski definition) is 1. The van der Waals surface area contributed by atoms with Gasteiger partial charge in [-0.05, 0) is 35.7 Å². The van der Waals surface area contributed by atoms with Gasteiger partial charge >= 0.3 is 6.03 Å². The minimum Gasteiger partial charge on any atom is -0.316 e. The van der Waals surface area contributed by atoms with Crippen molar-refractivity contribution in [2.75, 3.05) is 11.9 Å². The topological polar surface area (TPSA) is 56.1 Å². The van der Waals surface area contributed by atoms with Crippen LogP contribution in [-0.2, 0) is 6.54 Å². The molecule has 0 aliphatic rings.